The molecule has 5 atom stereocenters. The highest BCUT2D eigenvalue weighted by atomic mass is 16.5. The van der Waals surface area contributed by atoms with Crippen molar-refractivity contribution in [2.24, 2.45) is 39.9 Å². The third-order valence-corrected chi connectivity index (χ3v) is 12.5. The largest absolute Gasteiger partial charge is 0.379 e. The van der Waals surface area contributed by atoms with E-state index in [1.807, 2.05) is 55.4 Å². The predicted octanol–water partition coefficient (Wildman–Crippen LogP) is 6.22. The van der Waals surface area contributed by atoms with E-state index >= 15 is 0 Å². The van der Waals surface area contributed by atoms with Crippen LogP contribution in [0.15, 0.2) is 0 Å². The van der Waals surface area contributed by atoms with E-state index < -0.39 is 40.3 Å². The van der Waals surface area contributed by atoms with Crippen LogP contribution in [0, 0.1) is 22.7 Å². The third-order valence-electron chi connectivity index (χ3n) is 12.5. The van der Waals surface area contributed by atoms with Crippen LogP contribution in [-0.4, -0.2) is 78.0 Å². The minimum absolute atomic E-state index is 0.132. The summed E-state index contributed by atoms with van der Waals surface area (Å²) in [5.41, 5.74) is 14.4. The van der Waals surface area contributed by atoms with Gasteiger partial charge in [-0.05, 0) is 99.0 Å². The molecule has 0 saturated carbocycles. The molecule has 0 aliphatic carbocycles. The molecule has 0 saturated heterocycles. The van der Waals surface area contributed by atoms with Gasteiger partial charge < -0.3 is 32.0 Å². The highest BCUT2D eigenvalue weighted by Gasteiger charge is 2.45. The van der Waals surface area contributed by atoms with Crippen LogP contribution in [0.5, 0.6) is 0 Å². The van der Waals surface area contributed by atoms with Gasteiger partial charge in [-0.2, -0.15) is 0 Å². The Balaban J connectivity index is 0. The Kier molecular flexibility index (Phi) is 21.9. The van der Waals surface area contributed by atoms with Crippen molar-refractivity contribution in [2.45, 2.75) is 197 Å². The molecule has 0 heterocycles. The Labute approximate surface area is 318 Å². The summed E-state index contributed by atoms with van der Waals surface area (Å²) in [4.78, 5) is 48.7. The number of carbonyl (C=O) groups is 4. The minimum atomic E-state index is -0.882. The molecule has 11 heteroatoms. The molecule has 0 radical (unpaired) electrons. The maximum atomic E-state index is 12.9. The molecule has 0 rings (SSSR count). The van der Waals surface area contributed by atoms with E-state index in [0.29, 0.717) is 12.5 Å². The Morgan fingerprint density at radius 1 is 0.769 bits per heavy atom. The maximum absolute atomic E-state index is 12.9. The lowest BCUT2D eigenvalue weighted by Crippen LogP contribution is -2.59. The summed E-state index contributed by atoms with van der Waals surface area (Å²) in [7, 11) is 1.71. The maximum Gasteiger partial charge on any atom is 0.235 e. The molecule has 2 amide bonds. The van der Waals surface area contributed by atoms with Gasteiger partial charge in [0.15, 0.2) is 5.78 Å². The van der Waals surface area contributed by atoms with Gasteiger partial charge in [-0.25, -0.2) is 0 Å². The number of hydrogen-bond acceptors (Lipinski definition) is 9. The number of ether oxygens (including phenoxy) is 2. The molecule has 0 aromatic rings. The summed E-state index contributed by atoms with van der Waals surface area (Å²) in [5.74, 6) is -0.413. The molecule has 308 valence electrons. The first-order chi connectivity index (χ1) is 23.5. The first-order valence-electron chi connectivity index (χ1n) is 19.6. The average Bonchev–Trinajstić information content (AvgIpc) is 3.04. The SMILES string of the molecule is CCC(C)C(C)(CC)C(=O)CC(NC(C)(CC)C(C)C)C(N)=O.COC(C)(C)CCOC(C)(C)CCCNC(C)(C)C(C)(C)C(=O)C(N)CC(N)=O. The molecule has 0 aromatic heterocycles. The highest BCUT2D eigenvalue weighted by Crippen LogP contribution is 2.36. The van der Waals surface area contributed by atoms with Crippen LogP contribution >= 0.6 is 0 Å². The molecule has 0 aliphatic heterocycles. The van der Waals surface area contributed by atoms with Crippen LogP contribution in [0.1, 0.15) is 162 Å². The van der Waals surface area contributed by atoms with Crippen LogP contribution in [0.25, 0.3) is 0 Å². The zero-order chi connectivity index (χ0) is 41.5. The molecule has 0 fully saturated rings. The van der Waals surface area contributed by atoms with Gasteiger partial charge in [0.05, 0.1) is 29.9 Å². The number of rotatable bonds is 26. The molecule has 8 N–H and O–H groups in total. The summed E-state index contributed by atoms with van der Waals surface area (Å²) in [5, 5.41) is 6.85. The molecule has 0 spiro atoms. The lowest BCUT2D eigenvalue weighted by Gasteiger charge is -2.42. The standard InChI is InChI=1S/C22H45N3O4.C19H38N2O2/c1-19(2,28-9)12-14-29-20(3,4)11-10-13-25-22(7,8)21(5,6)18(27)16(23)15-17(24)26;1-9-14(6)18(7,10-2)16(22)12-15(17(20)23)21-19(8,11-3)13(4)5/h16,25H,10-15,23H2,1-9H3,(H2,24,26);13-15,21H,9-12H2,1-8H3,(H2,20,23). The molecule has 5 unspecified atom stereocenters. The number of carbonyl (C=O) groups excluding carboxylic acids is 4. The van der Waals surface area contributed by atoms with Gasteiger partial charge in [0, 0.05) is 41.9 Å². The molecular formula is C41H83N5O6. The van der Waals surface area contributed by atoms with Crippen molar-refractivity contribution in [1.82, 2.24) is 10.6 Å². The number of nitrogens with one attached hydrogen (secondary N) is 2. The van der Waals surface area contributed by atoms with Crippen molar-refractivity contribution in [3.8, 4) is 0 Å². The quantitative estimate of drug-likeness (QED) is 0.0641. The lowest BCUT2D eigenvalue weighted by atomic mass is 9.69. The second-order valence-electron chi connectivity index (χ2n) is 18.0. The van der Waals surface area contributed by atoms with Gasteiger partial charge in [0.2, 0.25) is 11.8 Å². The Bertz CT molecular complexity index is 1120. The van der Waals surface area contributed by atoms with Gasteiger partial charge in [-0.15, -0.1) is 0 Å². The number of Topliss-reactive ketones (excluding diaryl/α,β-unsaturated/α-hetero) is 2. The van der Waals surface area contributed by atoms with Gasteiger partial charge >= 0.3 is 0 Å². The van der Waals surface area contributed by atoms with E-state index in [-0.39, 0.29) is 47.1 Å². The summed E-state index contributed by atoms with van der Waals surface area (Å²) in [6.45, 7) is 34.0. The van der Waals surface area contributed by atoms with Crippen LogP contribution in [0.3, 0.4) is 0 Å². The summed E-state index contributed by atoms with van der Waals surface area (Å²) in [6.07, 6.45) is 5.26. The number of methoxy groups -OCH3 is 1. The average molecular weight is 742 g/mol. The minimum Gasteiger partial charge on any atom is -0.379 e. The smallest absolute Gasteiger partial charge is 0.235 e. The molecule has 11 nitrogen and oxygen atoms in total. The highest BCUT2D eigenvalue weighted by molar-refractivity contribution is 5.93. The van der Waals surface area contributed by atoms with Crippen molar-refractivity contribution in [1.29, 1.82) is 0 Å². The van der Waals surface area contributed by atoms with Gasteiger partial charge in [-0.1, -0.05) is 68.7 Å². The Hall–Kier alpha value is -1.92. The fourth-order valence-corrected chi connectivity index (χ4v) is 5.95. The summed E-state index contributed by atoms with van der Waals surface area (Å²) < 4.78 is 11.5. The van der Waals surface area contributed by atoms with E-state index in [1.54, 1.807) is 7.11 Å². The van der Waals surface area contributed by atoms with E-state index in [4.69, 9.17) is 26.7 Å². The van der Waals surface area contributed by atoms with Gasteiger partial charge in [-0.3, -0.25) is 24.5 Å². The zero-order valence-electron chi connectivity index (χ0n) is 36.6. The second kappa shape index (κ2) is 21.8. The number of hydrogen-bond donors (Lipinski definition) is 5. The number of ketones is 2. The molecular weight excluding hydrogens is 658 g/mol. The van der Waals surface area contributed by atoms with E-state index in [2.05, 4.69) is 66.0 Å². The zero-order valence-corrected chi connectivity index (χ0v) is 36.6. The van der Waals surface area contributed by atoms with Crippen molar-refractivity contribution in [3.63, 3.8) is 0 Å². The lowest BCUT2D eigenvalue weighted by molar-refractivity contribution is -0.134. The molecule has 0 bridgehead atoms. The van der Waals surface area contributed by atoms with E-state index in [1.165, 1.54) is 0 Å². The van der Waals surface area contributed by atoms with Crippen LogP contribution < -0.4 is 27.8 Å². The van der Waals surface area contributed by atoms with Crippen LogP contribution in [0.2, 0.25) is 0 Å². The molecule has 0 aromatic carbocycles. The molecule has 0 aliphatic rings. The third kappa shape index (κ3) is 16.6. The molecule has 52 heavy (non-hydrogen) atoms. The monoisotopic (exact) mass is 742 g/mol. The predicted molar refractivity (Wildman–Crippen MR) is 215 cm³/mol. The second-order valence-corrected chi connectivity index (χ2v) is 18.0. The number of amides is 2. The Morgan fingerprint density at radius 2 is 1.31 bits per heavy atom. The summed E-state index contributed by atoms with van der Waals surface area (Å²) >= 11 is 0. The van der Waals surface area contributed by atoms with Gasteiger partial charge in [0.1, 0.15) is 5.78 Å². The number of nitrogens with two attached hydrogens (primary N) is 3. The first kappa shape index (κ1) is 52.2. The van der Waals surface area contributed by atoms with Crippen LogP contribution in [0.4, 0.5) is 0 Å². The first-order valence-corrected chi connectivity index (χ1v) is 19.6. The van der Waals surface area contributed by atoms with Crippen molar-refractivity contribution in [2.75, 3.05) is 20.3 Å². The fourth-order valence-electron chi connectivity index (χ4n) is 5.95. The van der Waals surface area contributed by atoms with Gasteiger partial charge in [0.25, 0.3) is 0 Å². The van der Waals surface area contributed by atoms with Crippen LogP contribution in [-0.2, 0) is 28.7 Å². The van der Waals surface area contributed by atoms with Crippen molar-refractivity contribution >= 4 is 23.4 Å². The van der Waals surface area contributed by atoms with E-state index in [0.717, 1.165) is 45.1 Å². The Morgan fingerprint density at radius 3 is 1.71 bits per heavy atom. The topological polar surface area (TPSA) is 189 Å². The van der Waals surface area contributed by atoms with E-state index in [9.17, 15) is 19.2 Å². The van der Waals surface area contributed by atoms with Crippen molar-refractivity contribution in [3.05, 3.63) is 0 Å². The number of primary amides is 2. The van der Waals surface area contributed by atoms with Crippen molar-refractivity contribution < 1.29 is 28.7 Å². The fraction of sp³-hybridized carbons (Fsp3) is 0.902. The summed E-state index contributed by atoms with van der Waals surface area (Å²) in [6, 6.07) is -1.49. The normalized spacial score (nSPS) is 16.9.